The van der Waals surface area contributed by atoms with E-state index in [0.29, 0.717) is 13.2 Å². The monoisotopic (exact) mass is 332 g/mol. The molecule has 2 amide bonds. The van der Waals surface area contributed by atoms with Gasteiger partial charge in [0.05, 0.1) is 31.4 Å². The number of hydrogen-bond acceptors (Lipinski definition) is 4. The van der Waals surface area contributed by atoms with Crippen LogP contribution in [0.4, 0.5) is 0 Å². The molecule has 0 unspecified atom stereocenters. The van der Waals surface area contributed by atoms with Crippen LogP contribution >= 0.6 is 0 Å². The largest absolute Gasteiger partial charge is 0.377 e. The van der Waals surface area contributed by atoms with Crippen molar-refractivity contribution in [1.82, 2.24) is 20.0 Å². The maximum Gasteiger partial charge on any atom is 0.226 e. The topological polar surface area (TPSA) is 76.5 Å². The summed E-state index contributed by atoms with van der Waals surface area (Å²) in [6.45, 7) is 3.74. The molecule has 0 radical (unpaired) electrons. The molecule has 0 saturated carbocycles. The van der Waals surface area contributed by atoms with E-state index in [-0.39, 0.29) is 24.3 Å². The molecule has 2 aliphatic heterocycles. The van der Waals surface area contributed by atoms with Gasteiger partial charge in [0.1, 0.15) is 0 Å². The smallest absolute Gasteiger partial charge is 0.226 e. The summed E-state index contributed by atoms with van der Waals surface area (Å²) in [6, 6.07) is -0.261. The van der Waals surface area contributed by atoms with E-state index in [1.807, 2.05) is 14.0 Å². The van der Waals surface area contributed by atoms with Crippen LogP contribution in [0.1, 0.15) is 30.1 Å². The zero-order chi connectivity index (χ0) is 17.3. The Bertz CT molecular complexity index is 679. The Balaban J connectivity index is 1.74. The van der Waals surface area contributed by atoms with Crippen molar-refractivity contribution < 1.29 is 14.3 Å². The van der Waals surface area contributed by atoms with E-state index < -0.39 is 5.92 Å². The van der Waals surface area contributed by atoms with Gasteiger partial charge in [0.2, 0.25) is 11.8 Å². The first-order valence-electron chi connectivity index (χ1n) is 8.26. The van der Waals surface area contributed by atoms with E-state index in [4.69, 9.17) is 4.74 Å². The zero-order valence-corrected chi connectivity index (χ0v) is 14.4. The number of nitrogens with one attached hydrogen (secondary N) is 1. The number of aryl methyl sites for hydroxylation is 1. The van der Waals surface area contributed by atoms with Gasteiger partial charge in [-0.2, -0.15) is 5.10 Å². The van der Waals surface area contributed by atoms with Crippen molar-refractivity contribution in [1.29, 1.82) is 0 Å². The highest BCUT2D eigenvalue weighted by Crippen LogP contribution is 2.38. The van der Waals surface area contributed by atoms with Crippen LogP contribution in [0.2, 0.25) is 0 Å². The molecule has 3 heterocycles. The van der Waals surface area contributed by atoms with Crippen molar-refractivity contribution >= 4 is 11.8 Å². The lowest BCUT2D eigenvalue weighted by atomic mass is 9.93. The number of aromatic nitrogens is 2. The normalized spacial score (nSPS) is 24.2. The number of ether oxygens (including phenoxy) is 1. The molecule has 24 heavy (non-hydrogen) atoms. The first kappa shape index (κ1) is 16.7. The van der Waals surface area contributed by atoms with Gasteiger partial charge in [-0.25, -0.2) is 0 Å². The van der Waals surface area contributed by atoms with Gasteiger partial charge in [-0.3, -0.25) is 14.3 Å². The molecule has 3 rings (SSSR count). The summed E-state index contributed by atoms with van der Waals surface area (Å²) in [5.41, 5.74) is 3.00. The summed E-state index contributed by atoms with van der Waals surface area (Å²) in [5.74, 6) is -0.494. The molecule has 0 spiro atoms. The van der Waals surface area contributed by atoms with Crippen molar-refractivity contribution in [3.63, 3.8) is 0 Å². The highest BCUT2D eigenvalue weighted by atomic mass is 16.5. The van der Waals surface area contributed by atoms with Crippen LogP contribution in [0.3, 0.4) is 0 Å². The second kappa shape index (κ2) is 6.76. The number of carbonyl (C=O) groups excluding carboxylic acids is 2. The van der Waals surface area contributed by atoms with E-state index in [0.717, 1.165) is 29.9 Å². The molecule has 7 heteroatoms. The van der Waals surface area contributed by atoms with Crippen molar-refractivity contribution in [2.75, 3.05) is 26.8 Å². The molecule has 7 nitrogen and oxygen atoms in total. The van der Waals surface area contributed by atoms with Crippen LogP contribution in [0.15, 0.2) is 17.8 Å². The maximum absolute atomic E-state index is 12.7. The van der Waals surface area contributed by atoms with Gasteiger partial charge in [0.15, 0.2) is 0 Å². The van der Waals surface area contributed by atoms with E-state index in [1.54, 1.807) is 22.8 Å². The molecule has 0 aromatic carbocycles. The fourth-order valence-corrected chi connectivity index (χ4v) is 3.40. The summed E-state index contributed by atoms with van der Waals surface area (Å²) < 4.78 is 7.16. The van der Waals surface area contributed by atoms with E-state index in [1.165, 1.54) is 0 Å². The van der Waals surface area contributed by atoms with Crippen LogP contribution in [0.5, 0.6) is 0 Å². The molecular weight excluding hydrogens is 308 g/mol. The number of hydrogen-bond donors (Lipinski definition) is 1. The summed E-state index contributed by atoms with van der Waals surface area (Å²) in [5, 5.41) is 7.22. The Hall–Kier alpha value is -2.15. The molecule has 0 aliphatic carbocycles. The lowest BCUT2D eigenvalue weighted by Crippen LogP contribution is -2.36. The van der Waals surface area contributed by atoms with Gasteiger partial charge in [-0.05, 0) is 18.9 Å². The summed E-state index contributed by atoms with van der Waals surface area (Å²) in [4.78, 5) is 26.5. The fraction of sp³-hybridized carbons (Fsp3) is 0.588. The molecule has 2 atom stereocenters. The van der Waals surface area contributed by atoms with Crippen molar-refractivity contribution in [3.05, 3.63) is 29.1 Å². The number of amides is 2. The highest BCUT2D eigenvalue weighted by molar-refractivity contribution is 5.90. The molecule has 2 aliphatic rings. The predicted molar refractivity (Wildman–Crippen MR) is 88.1 cm³/mol. The van der Waals surface area contributed by atoms with Gasteiger partial charge in [-0.15, -0.1) is 0 Å². The summed E-state index contributed by atoms with van der Waals surface area (Å²) >= 11 is 0. The minimum Gasteiger partial charge on any atom is -0.377 e. The lowest BCUT2D eigenvalue weighted by molar-refractivity contribution is -0.128. The van der Waals surface area contributed by atoms with Crippen LogP contribution in [-0.2, 0) is 21.4 Å². The minimum absolute atomic E-state index is 0.0105. The number of rotatable bonds is 4. The van der Waals surface area contributed by atoms with Crippen molar-refractivity contribution in [3.8, 4) is 0 Å². The second-order valence-corrected chi connectivity index (χ2v) is 6.49. The quantitative estimate of drug-likeness (QED) is 0.824. The van der Waals surface area contributed by atoms with Gasteiger partial charge in [-0.1, -0.05) is 6.08 Å². The Kier molecular flexibility index (Phi) is 4.71. The van der Waals surface area contributed by atoms with E-state index >= 15 is 0 Å². The van der Waals surface area contributed by atoms with Crippen molar-refractivity contribution in [2.45, 2.75) is 25.8 Å². The molecule has 130 valence electrons. The molecule has 0 bridgehead atoms. The highest BCUT2D eigenvalue weighted by Gasteiger charge is 2.43. The molecule has 1 N–H and O–H groups in total. The van der Waals surface area contributed by atoms with Gasteiger partial charge < -0.3 is 15.0 Å². The van der Waals surface area contributed by atoms with Crippen LogP contribution in [0.25, 0.3) is 0 Å². The minimum atomic E-state index is -0.393. The number of nitrogens with zero attached hydrogens (tertiary/aromatic N) is 3. The molecule has 1 saturated heterocycles. The summed E-state index contributed by atoms with van der Waals surface area (Å²) in [7, 11) is 3.62. The Morgan fingerprint density at radius 1 is 1.46 bits per heavy atom. The van der Waals surface area contributed by atoms with Crippen LogP contribution < -0.4 is 5.32 Å². The predicted octanol–water partition coefficient (Wildman–Crippen LogP) is 0.711. The molecule has 1 fully saturated rings. The lowest BCUT2D eigenvalue weighted by Gasteiger charge is -2.24. The third-order valence-corrected chi connectivity index (χ3v) is 4.99. The molecule has 1 aromatic heterocycles. The first-order chi connectivity index (χ1) is 11.5. The van der Waals surface area contributed by atoms with Crippen molar-refractivity contribution in [2.24, 2.45) is 13.0 Å². The number of likely N-dealkylation sites (tertiary alicyclic amines) is 1. The standard InChI is InChI=1S/C17H24N4O3/c1-11-14(9-19-21(11)3)16-13(7-15(22)20(16)2)17(23)18-8-12-5-4-6-24-10-12/h5,9,13,16H,4,6-8,10H2,1-3H3,(H,18,23)/t13-,16-/m0/s1. The third kappa shape index (κ3) is 3.08. The average Bonchev–Trinajstić information content (AvgIpc) is 3.06. The Labute approximate surface area is 141 Å². The molecule has 1 aromatic rings. The van der Waals surface area contributed by atoms with Crippen LogP contribution in [0, 0.1) is 12.8 Å². The van der Waals surface area contributed by atoms with Gasteiger partial charge in [0, 0.05) is 38.3 Å². The van der Waals surface area contributed by atoms with Gasteiger partial charge >= 0.3 is 0 Å². The van der Waals surface area contributed by atoms with Gasteiger partial charge in [0.25, 0.3) is 0 Å². The SMILES string of the molecule is Cc1c([C@@H]2[C@@H](C(=O)NCC3=CCCOC3)CC(=O)N2C)cnn1C. The second-order valence-electron chi connectivity index (χ2n) is 6.49. The Morgan fingerprint density at radius 2 is 2.25 bits per heavy atom. The Morgan fingerprint density at radius 3 is 2.88 bits per heavy atom. The average molecular weight is 332 g/mol. The fourth-order valence-electron chi connectivity index (χ4n) is 3.40. The molecular formula is C17H24N4O3. The number of carbonyl (C=O) groups is 2. The van der Waals surface area contributed by atoms with E-state index in [9.17, 15) is 9.59 Å². The first-order valence-corrected chi connectivity index (χ1v) is 8.26. The third-order valence-electron chi connectivity index (χ3n) is 4.99. The van der Waals surface area contributed by atoms with E-state index in [2.05, 4.69) is 16.5 Å². The van der Waals surface area contributed by atoms with Crippen LogP contribution in [-0.4, -0.2) is 53.3 Å². The zero-order valence-electron chi connectivity index (χ0n) is 14.4. The summed E-state index contributed by atoms with van der Waals surface area (Å²) in [6.07, 6.45) is 4.98. The maximum atomic E-state index is 12.7.